The number of nitrogens with one attached hydrogen (secondary N) is 2. The Morgan fingerprint density at radius 1 is 0.972 bits per heavy atom. The summed E-state index contributed by atoms with van der Waals surface area (Å²) in [7, 11) is 0. The fourth-order valence-corrected chi connectivity index (χ4v) is 5.58. The van der Waals surface area contributed by atoms with Crippen molar-refractivity contribution in [1.29, 1.82) is 0 Å². The van der Waals surface area contributed by atoms with Crippen LogP contribution in [0.3, 0.4) is 0 Å². The molecule has 2 N–H and O–H groups in total. The molecule has 2 fully saturated rings. The number of pyridine rings is 2. The number of nitrogens with zero attached hydrogens (tertiary/aromatic N) is 4. The van der Waals surface area contributed by atoms with E-state index < -0.39 is 0 Å². The number of morpholine rings is 1. The Hall–Kier alpha value is -3.62. The minimum atomic E-state index is -0.174. The summed E-state index contributed by atoms with van der Waals surface area (Å²) in [6.07, 6.45) is 11.5. The first kappa shape index (κ1) is 22.8. The lowest BCUT2D eigenvalue weighted by molar-refractivity contribution is 0.00730. The fourth-order valence-electron chi connectivity index (χ4n) is 5.58. The summed E-state index contributed by atoms with van der Waals surface area (Å²) in [5, 5.41) is 4.73. The maximum Gasteiger partial charge on any atom is 0.259 e. The lowest BCUT2D eigenvalue weighted by Crippen LogP contribution is -2.44. The van der Waals surface area contributed by atoms with E-state index in [0.717, 1.165) is 42.9 Å². The molecular formula is C28H30N6O2. The van der Waals surface area contributed by atoms with Gasteiger partial charge in [-0.2, -0.15) is 0 Å². The van der Waals surface area contributed by atoms with Crippen LogP contribution in [0.25, 0.3) is 22.0 Å². The van der Waals surface area contributed by atoms with Gasteiger partial charge in [-0.3, -0.25) is 9.69 Å². The number of hydrogen-bond donors (Lipinski definition) is 2. The quantitative estimate of drug-likeness (QED) is 0.433. The minimum Gasteiger partial charge on any atom is -0.379 e. The van der Waals surface area contributed by atoms with Crippen LogP contribution in [0.2, 0.25) is 0 Å². The first-order chi connectivity index (χ1) is 17.7. The first-order valence-electron chi connectivity index (χ1n) is 12.7. The zero-order chi connectivity index (χ0) is 24.3. The summed E-state index contributed by atoms with van der Waals surface area (Å²) in [6, 6.07) is 13.1. The van der Waals surface area contributed by atoms with E-state index in [1.54, 1.807) is 18.6 Å². The van der Waals surface area contributed by atoms with Crippen molar-refractivity contribution in [2.24, 2.45) is 0 Å². The molecule has 8 nitrogen and oxygen atoms in total. The van der Waals surface area contributed by atoms with Gasteiger partial charge in [0.15, 0.2) is 0 Å². The van der Waals surface area contributed by atoms with Gasteiger partial charge in [-0.15, -0.1) is 0 Å². The lowest BCUT2D eigenvalue weighted by Gasteiger charge is -2.38. The van der Waals surface area contributed by atoms with Crippen molar-refractivity contribution in [2.45, 2.75) is 37.6 Å². The van der Waals surface area contributed by atoms with Gasteiger partial charge < -0.3 is 15.0 Å². The van der Waals surface area contributed by atoms with Gasteiger partial charge in [0.2, 0.25) is 0 Å². The van der Waals surface area contributed by atoms with Crippen molar-refractivity contribution in [2.75, 3.05) is 31.6 Å². The molecule has 184 valence electrons. The summed E-state index contributed by atoms with van der Waals surface area (Å²) < 4.78 is 5.52. The highest BCUT2D eigenvalue weighted by atomic mass is 16.5. The largest absolute Gasteiger partial charge is 0.379 e. The number of rotatable bonds is 5. The van der Waals surface area contributed by atoms with Crippen molar-refractivity contribution in [3.8, 4) is 11.3 Å². The van der Waals surface area contributed by atoms with Crippen molar-refractivity contribution in [3.05, 3.63) is 77.2 Å². The topological polar surface area (TPSA) is 96.0 Å². The van der Waals surface area contributed by atoms with Gasteiger partial charge in [0.25, 0.3) is 5.56 Å². The summed E-state index contributed by atoms with van der Waals surface area (Å²) in [4.78, 5) is 31.0. The highest BCUT2D eigenvalue weighted by Crippen LogP contribution is 2.36. The molecule has 8 heteroatoms. The maximum atomic E-state index is 12.7. The molecule has 2 aliphatic rings. The Bertz CT molecular complexity index is 1380. The number of H-pyrrole nitrogens is 1. The molecule has 36 heavy (non-hydrogen) atoms. The van der Waals surface area contributed by atoms with Gasteiger partial charge in [-0.1, -0.05) is 12.1 Å². The van der Waals surface area contributed by atoms with Gasteiger partial charge in [0, 0.05) is 49.0 Å². The molecule has 3 aromatic heterocycles. The second-order valence-electron chi connectivity index (χ2n) is 9.66. The third-order valence-corrected chi connectivity index (χ3v) is 7.51. The lowest BCUT2D eigenvalue weighted by atomic mass is 9.81. The number of fused-ring (bicyclic) bond motifs is 1. The van der Waals surface area contributed by atoms with Gasteiger partial charge >= 0.3 is 0 Å². The van der Waals surface area contributed by atoms with E-state index in [1.165, 1.54) is 37.6 Å². The van der Waals surface area contributed by atoms with E-state index in [-0.39, 0.29) is 5.56 Å². The van der Waals surface area contributed by atoms with Crippen molar-refractivity contribution in [3.63, 3.8) is 0 Å². The molecule has 0 atom stereocenters. The van der Waals surface area contributed by atoms with Crippen LogP contribution in [0.1, 0.15) is 37.2 Å². The third-order valence-electron chi connectivity index (χ3n) is 7.51. The van der Waals surface area contributed by atoms with E-state index in [9.17, 15) is 4.79 Å². The van der Waals surface area contributed by atoms with E-state index in [1.807, 2.05) is 12.1 Å². The van der Waals surface area contributed by atoms with Gasteiger partial charge in [0.05, 0.1) is 24.3 Å². The highest BCUT2D eigenvalue weighted by Gasteiger charge is 2.27. The molecule has 1 aliphatic heterocycles. The zero-order valence-corrected chi connectivity index (χ0v) is 20.2. The van der Waals surface area contributed by atoms with Crippen LogP contribution in [0.15, 0.2) is 66.1 Å². The Kier molecular flexibility index (Phi) is 6.44. The van der Waals surface area contributed by atoms with Crippen LogP contribution in [0, 0.1) is 0 Å². The molecule has 1 saturated carbocycles. The monoisotopic (exact) mass is 482 g/mol. The third kappa shape index (κ3) is 4.74. The van der Waals surface area contributed by atoms with Gasteiger partial charge in [-0.25, -0.2) is 15.0 Å². The second kappa shape index (κ2) is 10.2. The molecule has 4 aromatic rings. The Balaban J connectivity index is 1.20. The number of aromatic amines is 1. The van der Waals surface area contributed by atoms with Gasteiger partial charge in [0.1, 0.15) is 12.1 Å². The minimum absolute atomic E-state index is 0.174. The van der Waals surface area contributed by atoms with E-state index in [0.29, 0.717) is 28.9 Å². The molecule has 1 aromatic carbocycles. The number of ether oxygens (including phenoxy) is 1. The molecule has 0 spiro atoms. The SMILES string of the molecule is O=c1[nH]ccc2cc(-c3cncnc3)nc(Nc3ccc([C@H]4CC[C@H](N5CCOCC5)CC4)cc3)c12. The highest BCUT2D eigenvalue weighted by molar-refractivity contribution is 5.95. The number of hydrogen-bond acceptors (Lipinski definition) is 7. The van der Waals surface area contributed by atoms with Crippen LogP contribution in [-0.4, -0.2) is 57.2 Å². The molecule has 0 radical (unpaired) electrons. The van der Waals surface area contributed by atoms with Crippen molar-refractivity contribution < 1.29 is 4.74 Å². The molecule has 0 unspecified atom stereocenters. The van der Waals surface area contributed by atoms with Crippen LogP contribution in [0.5, 0.6) is 0 Å². The first-order valence-corrected chi connectivity index (χ1v) is 12.7. The Morgan fingerprint density at radius 2 is 1.72 bits per heavy atom. The predicted molar refractivity (Wildman–Crippen MR) is 141 cm³/mol. The average molecular weight is 483 g/mol. The van der Waals surface area contributed by atoms with Crippen molar-refractivity contribution in [1.82, 2.24) is 24.8 Å². The molecule has 6 rings (SSSR count). The molecule has 1 aliphatic carbocycles. The van der Waals surface area contributed by atoms with E-state index in [2.05, 4.69) is 49.4 Å². The summed E-state index contributed by atoms with van der Waals surface area (Å²) in [6.45, 7) is 3.87. The Labute approximate surface area is 209 Å². The van der Waals surface area contributed by atoms with Crippen LogP contribution in [0.4, 0.5) is 11.5 Å². The molecule has 4 heterocycles. The molecule has 0 bridgehead atoms. The van der Waals surface area contributed by atoms with Crippen molar-refractivity contribution >= 4 is 22.3 Å². The number of anilines is 2. The standard InChI is InChI=1S/C28H30N6O2/c35-28-26-21(9-10-31-28)15-25(22-16-29-18-30-17-22)33-27(26)32-23-5-1-19(2-6-23)20-3-7-24(8-4-20)34-11-13-36-14-12-34/h1-2,5-6,9-10,15-18,20,24H,3-4,7-8,11-14H2,(H,31,35)(H,32,33)/t20-,24-. The van der Waals surface area contributed by atoms with Crippen LogP contribution in [-0.2, 0) is 4.74 Å². The van der Waals surface area contributed by atoms with Crippen LogP contribution < -0.4 is 10.9 Å². The zero-order valence-electron chi connectivity index (χ0n) is 20.2. The number of benzene rings is 1. The Morgan fingerprint density at radius 3 is 2.47 bits per heavy atom. The molecule has 1 saturated heterocycles. The predicted octanol–water partition coefficient (Wildman–Crippen LogP) is 4.48. The summed E-state index contributed by atoms with van der Waals surface area (Å²) >= 11 is 0. The van der Waals surface area contributed by atoms with Crippen LogP contribution >= 0.6 is 0 Å². The molecule has 0 amide bonds. The average Bonchev–Trinajstić information content (AvgIpc) is 2.94. The maximum absolute atomic E-state index is 12.7. The number of aromatic nitrogens is 4. The van der Waals surface area contributed by atoms with E-state index in [4.69, 9.17) is 9.72 Å². The van der Waals surface area contributed by atoms with Gasteiger partial charge in [-0.05, 0) is 66.8 Å². The normalized spacial score (nSPS) is 20.9. The summed E-state index contributed by atoms with van der Waals surface area (Å²) in [5.41, 5.74) is 3.62. The fraction of sp³-hybridized carbons (Fsp3) is 0.357. The smallest absolute Gasteiger partial charge is 0.259 e. The second-order valence-corrected chi connectivity index (χ2v) is 9.66. The summed E-state index contributed by atoms with van der Waals surface area (Å²) in [5.74, 6) is 1.12. The molecular weight excluding hydrogens is 452 g/mol. The van der Waals surface area contributed by atoms with E-state index >= 15 is 0 Å².